The average molecular weight is 562 g/mol. The van der Waals surface area contributed by atoms with Crippen LogP contribution in [0.3, 0.4) is 0 Å². The molecule has 0 unspecified atom stereocenters. The maximum absolute atomic E-state index is 13.3. The number of nitrogens with one attached hydrogen (secondary N) is 1. The molecular weight excluding hydrogens is 534 g/mol. The van der Waals surface area contributed by atoms with E-state index in [4.69, 9.17) is 9.47 Å². The Kier molecular flexibility index (Phi) is 7.47. The van der Waals surface area contributed by atoms with Gasteiger partial charge in [0.1, 0.15) is 41.2 Å². The monoisotopic (exact) mass is 561 g/mol. The van der Waals surface area contributed by atoms with Gasteiger partial charge in [0.15, 0.2) is 9.84 Å². The van der Waals surface area contributed by atoms with Crippen molar-refractivity contribution in [1.29, 1.82) is 0 Å². The number of aromatic nitrogens is 1. The van der Waals surface area contributed by atoms with Crippen LogP contribution < -0.4 is 19.7 Å². The van der Waals surface area contributed by atoms with Gasteiger partial charge in [0.05, 0.1) is 17.2 Å². The molecule has 0 bridgehead atoms. The largest absolute Gasteiger partial charge is 0.489 e. The minimum Gasteiger partial charge on any atom is -0.489 e. The van der Waals surface area contributed by atoms with Gasteiger partial charge >= 0.3 is 0 Å². The maximum Gasteiger partial charge on any atom is 0.270 e. The number of hydrogen-bond donors (Lipinski definition) is 2. The lowest BCUT2D eigenvalue weighted by Crippen LogP contribution is -2.49. The summed E-state index contributed by atoms with van der Waals surface area (Å²) in [4.78, 5) is 31.7. The van der Waals surface area contributed by atoms with Crippen molar-refractivity contribution in [3.8, 4) is 29.1 Å². The average Bonchev–Trinajstić information content (AvgIpc) is 3.06. The predicted octanol–water partition coefficient (Wildman–Crippen LogP) is 2.32. The Morgan fingerprint density at radius 2 is 1.88 bits per heavy atom. The second-order valence-electron chi connectivity index (χ2n) is 9.64. The summed E-state index contributed by atoms with van der Waals surface area (Å²) in [7, 11) is -1.57. The highest BCUT2D eigenvalue weighted by Gasteiger charge is 2.34. The number of rotatable bonds is 4. The van der Waals surface area contributed by atoms with E-state index in [-0.39, 0.29) is 36.6 Å². The van der Waals surface area contributed by atoms with Crippen molar-refractivity contribution in [3.63, 3.8) is 0 Å². The molecule has 2 N–H and O–H groups in total. The lowest BCUT2D eigenvalue weighted by atomic mass is 9.97. The first kappa shape index (κ1) is 27.2. The summed E-state index contributed by atoms with van der Waals surface area (Å²) in [6, 6.07) is 16.2. The molecule has 0 radical (unpaired) electrons. The van der Waals surface area contributed by atoms with Crippen LogP contribution in [0.4, 0.5) is 5.69 Å². The van der Waals surface area contributed by atoms with E-state index in [1.54, 1.807) is 43.4 Å². The van der Waals surface area contributed by atoms with Crippen LogP contribution in [0, 0.1) is 11.8 Å². The van der Waals surface area contributed by atoms with Crippen LogP contribution in [-0.4, -0.2) is 67.1 Å². The molecule has 2 aliphatic heterocycles. The molecule has 40 heavy (non-hydrogen) atoms. The second kappa shape index (κ2) is 11.0. The Hall–Kier alpha value is -4.40. The SMILES string of the molecule is CN1C(=O)[C@H](NC(=O)c2cc(Oc3ccccc3)ccn2)COc2ccc(C#CC3(O)CCS(=O)(=O)CC3)cc21. The Morgan fingerprint density at radius 1 is 1.12 bits per heavy atom. The molecule has 11 heteroatoms. The van der Waals surface area contributed by atoms with Gasteiger partial charge in [-0.05, 0) is 36.4 Å². The van der Waals surface area contributed by atoms with E-state index >= 15 is 0 Å². The molecule has 1 atom stereocenters. The summed E-state index contributed by atoms with van der Waals surface area (Å²) in [6.07, 6.45) is 1.55. The van der Waals surface area contributed by atoms with E-state index in [1.165, 1.54) is 17.2 Å². The quantitative estimate of drug-likeness (QED) is 0.464. The number of fused-ring (bicyclic) bond motifs is 1. The number of sulfone groups is 1. The fraction of sp³-hybridized carbons (Fsp3) is 0.276. The number of aliphatic hydroxyl groups is 1. The van der Waals surface area contributed by atoms with Crippen molar-refractivity contribution in [2.45, 2.75) is 24.5 Å². The first-order valence-electron chi connectivity index (χ1n) is 12.6. The number of carbonyl (C=O) groups is 2. The van der Waals surface area contributed by atoms with Crippen molar-refractivity contribution in [3.05, 3.63) is 78.1 Å². The van der Waals surface area contributed by atoms with Gasteiger partial charge in [0, 0.05) is 37.7 Å². The fourth-order valence-corrected chi connectivity index (χ4v) is 5.83. The molecular formula is C29H27N3O7S. The number of likely N-dealkylation sites (N-methyl/N-ethyl adjacent to an activating group) is 1. The molecule has 0 spiro atoms. The Labute approximate surface area is 231 Å². The molecule has 0 aliphatic carbocycles. The van der Waals surface area contributed by atoms with E-state index in [0.29, 0.717) is 28.5 Å². The predicted molar refractivity (Wildman–Crippen MR) is 147 cm³/mol. The van der Waals surface area contributed by atoms with Crippen LogP contribution in [0.15, 0.2) is 66.9 Å². The minimum absolute atomic E-state index is 0.0479. The number of nitrogens with zero attached hydrogens (tertiary/aromatic N) is 2. The van der Waals surface area contributed by atoms with E-state index in [1.807, 2.05) is 18.2 Å². The van der Waals surface area contributed by atoms with Gasteiger partial charge in [-0.3, -0.25) is 14.6 Å². The molecule has 2 aliphatic rings. The van der Waals surface area contributed by atoms with Gasteiger partial charge < -0.3 is 24.8 Å². The van der Waals surface area contributed by atoms with E-state index in [9.17, 15) is 23.1 Å². The number of hydrogen-bond acceptors (Lipinski definition) is 8. The summed E-state index contributed by atoms with van der Waals surface area (Å²) in [6.45, 7) is -0.0959. The zero-order chi connectivity index (χ0) is 28.3. The molecule has 1 aromatic heterocycles. The maximum atomic E-state index is 13.3. The topological polar surface area (TPSA) is 135 Å². The van der Waals surface area contributed by atoms with Gasteiger partial charge in [0.2, 0.25) is 0 Å². The molecule has 10 nitrogen and oxygen atoms in total. The molecule has 0 saturated carbocycles. The molecule has 3 heterocycles. The number of ether oxygens (including phenoxy) is 2. The van der Waals surface area contributed by atoms with Gasteiger partial charge in [-0.25, -0.2) is 8.42 Å². The number of amides is 2. The minimum atomic E-state index is -3.14. The number of carbonyl (C=O) groups excluding carboxylic acids is 2. The fourth-order valence-electron chi connectivity index (χ4n) is 4.32. The molecule has 1 fully saturated rings. The number of para-hydroxylation sites is 1. The highest BCUT2D eigenvalue weighted by molar-refractivity contribution is 7.91. The van der Waals surface area contributed by atoms with Crippen LogP contribution in [0.2, 0.25) is 0 Å². The van der Waals surface area contributed by atoms with Crippen molar-refractivity contribution in [2.24, 2.45) is 0 Å². The molecule has 2 amide bonds. The summed E-state index contributed by atoms with van der Waals surface area (Å²) in [5, 5.41) is 13.4. The Morgan fingerprint density at radius 3 is 2.62 bits per heavy atom. The lowest BCUT2D eigenvalue weighted by molar-refractivity contribution is -0.120. The van der Waals surface area contributed by atoms with E-state index in [2.05, 4.69) is 22.1 Å². The van der Waals surface area contributed by atoms with Gasteiger partial charge in [-0.2, -0.15) is 0 Å². The number of anilines is 1. The van der Waals surface area contributed by atoms with Gasteiger partial charge in [-0.15, -0.1) is 0 Å². The zero-order valence-corrected chi connectivity index (χ0v) is 22.5. The molecule has 2 aromatic carbocycles. The van der Waals surface area contributed by atoms with Gasteiger partial charge in [0.25, 0.3) is 11.8 Å². The van der Waals surface area contributed by atoms with Crippen LogP contribution >= 0.6 is 0 Å². The van der Waals surface area contributed by atoms with Crippen molar-refractivity contribution < 1.29 is 32.6 Å². The highest BCUT2D eigenvalue weighted by Crippen LogP contribution is 2.32. The van der Waals surface area contributed by atoms with Crippen molar-refractivity contribution in [1.82, 2.24) is 10.3 Å². The second-order valence-corrected chi connectivity index (χ2v) is 11.9. The van der Waals surface area contributed by atoms with Crippen LogP contribution in [0.5, 0.6) is 17.2 Å². The highest BCUT2D eigenvalue weighted by atomic mass is 32.2. The van der Waals surface area contributed by atoms with Gasteiger partial charge in [-0.1, -0.05) is 30.0 Å². The third-order valence-electron chi connectivity index (χ3n) is 6.70. The summed E-state index contributed by atoms with van der Waals surface area (Å²) >= 11 is 0. The summed E-state index contributed by atoms with van der Waals surface area (Å²) < 4.78 is 35.0. The summed E-state index contributed by atoms with van der Waals surface area (Å²) in [5.41, 5.74) is -0.339. The van der Waals surface area contributed by atoms with Crippen LogP contribution in [-0.2, 0) is 14.6 Å². The Balaban J connectivity index is 1.28. The standard InChI is InChI=1S/C29H27N3O7S/c1-32-25-17-20(9-11-29(35)12-15-40(36,37)16-13-29)7-8-26(25)38-19-24(28(32)34)31-27(33)23-18-22(10-14-30-23)39-21-5-3-2-4-6-21/h2-8,10,14,17-18,24,35H,12-13,15-16,19H2,1H3,(H,31,33)/t24-/m1/s1. The molecule has 206 valence electrons. The smallest absolute Gasteiger partial charge is 0.270 e. The molecule has 5 rings (SSSR count). The lowest BCUT2D eigenvalue weighted by Gasteiger charge is -2.26. The first-order chi connectivity index (χ1) is 19.1. The van der Waals surface area contributed by atoms with Crippen LogP contribution in [0.25, 0.3) is 0 Å². The molecule has 3 aromatic rings. The number of pyridine rings is 1. The molecule has 1 saturated heterocycles. The number of benzene rings is 2. The Bertz CT molecular complexity index is 1600. The first-order valence-corrected chi connectivity index (χ1v) is 14.4. The van der Waals surface area contributed by atoms with Crippen molar-refractivity contribution in [2.75, 3.05) is 30.1 Å². The summed E-state index contributed by atoms with van der Waals surface area (Å²) in [5.74, 6) is 5.97. The van der Waals surface area contributed by atoms with Crippen molar-refractivity contribution >= 4 is 27.3 Å². The van der Waals surface area contributed by atoms with E-state index in [0.717, 1.165) is 0 Å². The van der Waals surface area contributed by atoms with Crippen LogP contribution in [0.1, 0.15) is 28.9 Å². The van der Waals surface area contributed by atoms with E-state index < -0.39 is 33.3 Å². The normalized spacial score (nSPS) is 19.2. The third-order valence-corrected chi connectivity index (χ3v) is 8.35. The zero-order valence-electron chi connectivity index (χ0n) is 21.7. The third kappa shape index (κ3) is 6.25.